The number of methoxy groups -OCH3 is 1. The van der Waals surface area contributed by atoms with Gasteiger partial charge in [-0.3, -0.25) is 0 Å². The molecule has 0 amide bonds. The molecule has 1 heterocycles. The summed E-state index contributed by atoms with van der Waals surface area (Å²) in [6.07, 6.45) is 0. The molecule has 0 radical (unpaired) electrons. The van der Waals surface area contributed by atoms with Gasteiger partial charge in [-0.25, -0.2) is 0 Å². The zero-order valence-electron chi connectivity index (χ0n) is 8.94. The molecule has 0 aliphatic carbocycles. The van der Waals surface area contributed by atoms with Crippen LogP contribution in [0.3, 0.4) is 0 Å². The number of hydrogen-bond donors (Lipinski definition) is 0. The van der Waals surface area contributed by atoms with Crippen molar-refractivity contribution in [2.24, 2.45) is 0 Å². The maximum Gasteiger partial charge on any atom is 0.151 e. The van der Waals surface area contributed by atoms with Crippen LogP contribution in [-0.2, 0) is 0 Å². The minimum absolute atomic E-state index is 0.883. The van der Waals surface area contributed by atoms with Gasteiger partial charge in [0.25, 0.3) is 0 Å². The third-order valence-electron chi connectivity index (χ3n) is 2.17. The topological polar surface area (TPSA) is 35.0 Å². The average Bonchev–Trinajstić information content (AvgIpc) is 2.64. The molecule has 0 saturated heterocycles. The Balaban J connectivity index is 2.57. The van der Waals surface area contributed by atoms with E-state index < -0.39 is 0 Å². The van der Waals surface area contributed by atoms with E-state index in [0.29, 0.717) is 0 Å². The number of ether oxygens (including phenoxy) is 1. The number of aryl methyl sites for hydroxylation is 2. The van der Waals surface area contributed by atoms with Gasteiger partial charge in [0.15, 0.2) is 5.01 Å². The Labute approximate surface area is 92.7 Å². The lowest BCUT2D eigenvalue weighted by atomic mass is 10.1. The predicted octanol–water partition coefficient (Wildman–Crippen LogP) is 2.83. The first kappa shape index (κ1) is 10.1. The van der Waals surface area contributed by atoms with Crippen LogP contribution in [0.25, 0.3) is 10.6 Å². The Morgan fingerprint density at radius 3 is 2.60 bits per heavy atom. The molecular formula is C11H12N2OS. The molecule has 0 spiro atoms. The number of para-hydroxylation sites is 1. The Kier molecular flexibility index (Phi) is 2.68. The van der Waals surface area contributed by atoms with Crippen molar-refractivity contribution in [3.05, 3.63) is 28.8 Å². The van der Waals surface area contributed by atoms with E-state index in [2.05, 4.69) is 10.2 Å². The van der Waals surface area contributed by atoms with Crippen molar-refractivity contribution in [1.29, 1.82) is 0 Å². The van der Waals surface area contributed by atoms with Crippen LogP contribution in [0.5, 0.6) is 5.75 Å². The highest BCUT2D eigenvalue weighted by Crippen LogP contribution is 2.33. The molecule has 0 aliphatic rings. The Morgan fingerprint density at radius 1 is 1.20 bits per heavy atom. The van der Waals surface area contributed by atoms with Crippen LogP contribution < -0.4 is 4.74 Å². The van der Waals surface area contributed by atoms with Gasteiger partial charge in [0.2, 0.25) is 0 Å². The highest BCUT2D eigenvalue weighted by atomic mass is 32.1. The number of benzene rings is 1. The molecule has 0 fully saturated rings. The maximum atomic E-state index is 5.38. The lowest BCUT2D eigenvalue weighted by Crippen LogP contribution is -1.90. The summed E-state index contributed by atoms with van der Waals surface area (Å²) < 4.78 is 5.38. The van der Waals surface area contributed by atoms with Gasteiger partial charge < -0.3 is 4.74 Å². The van der Waals surface area contributed by atoms with Gasteiger partial charge in [-0.1, -0.05) is 23.5 Å². The molecule has 0 atom stereocenters. The highest BCUT2D eigenvalue weighted by molar-refractivity contribution is 7.14. The van der Waals surface area contributed by atoms with Crippen molar-refractivity contribution >= 4 is 11.3 Å². The Bertz CT molecular complexity index is 479. The van der Waals surface area contributed by atoms with Crippen molar-refractivity contribution in [3.8, 4) is 16.3 Å². The van der Waals surface area contributed by atoms with Gasteiger partial charge in [-0.2, -0.15) is 0 Å². The van der Waals surface area contributed by atoms with Crippen molar-refractivity contribution in [1.82, 2.24) is 10.2 Å². The third kappa shape index (κ3) is 1.85. The van der Waals surface area contributed by atoms with Crippen LogP contribution in [-0.4, -0.2) is 17.3 Å². The van der Waals surface area contributed by atoms with E-state index in [0.717, 1.165) is 26.9 Å². The molecule has 0 bridgehead atoms. The summed E-state index contributed by atoms with van der Waals surface area (Å²) >= 11 is 1.58. The Hall–Kier alpha value is -1.42. The molecule has 1 aromatic carbocycles. The smallest absolute Gasteiger partial charge is 0.151 e. The second-order valence-electron chi connectivity index (χ2n) is 3.28. The zero-order chi connectivity index (χ0) is 10.8. The lowest BCUT2D eigenvalue weighted by Gasteiger charge is -2.08. The molecule has 0 saturated carbocycles. The molecule has 4 heteroatoms. The van der Waals surface area contributed by atoms with Gasteiger partial charge in [0.1, 0.15) is 10.8 Å². The molecule has 15 heavy (non-hydrogen) atoms. The summed E-state index contributed by atoms with van der Waals surface area (Å²) in [6, 6.07) is 6.03. The highest BCUT2D eigenvalue weighted by Gasteiger charge is 2.11. The summed E-state index contributed by atoms with van der Waals surface area (Å²) in [5.41, 5.74) is 2.13. The summed E-state index contributed by atoms with van der Waals surface area (Å²) in [6.45, 7) is 3.97. The number of nitrogens with zero attached hydrogens (tertiary/aromatic N) is 2. The summed E-state index contributed by atoms with van der Waals surface area (Å²) in [5, 5.41) is 10.0. The van der Waals surface area contributed by atoms with Gasteiger partial charge in [0.05, 0.1) is 12.7 Å². The first-order chi connectivity index (χ1) is 7.22. The van der Waals surface area contributed by atoms with Crippen molar-refractivity contribution < 1.29 is 4.74 Å². The predicted molar refractivity (Wildman–Crippen MR) is 61.4 cm³/mol. The molecule has 0 unspecified atom stereocenters. The maximum absolute atomic E-state index is 5.38. The fourth-order valence-corrected chi connectivity index (χ4v) is 2.21. The summed E-state index contributed by atoms with van der Waals surface area (Å²) in [5.74, 6) is 0.883. The molecule has 3 nitrogen and oxygen atoms in total. The molecule has 0 aliphatic heterocycles. The van der Waals surface area contributed by atoms with Gasteiger partial charge in [-0.05, 0) is 25.5 Å². The van der Waals surface area contributed by atoms with Crippen molar-refractivity contribution in [2.75, 3.05) is 7.11 Å². The van der Waals surface area contributed by atoms with E-state index >= 15 is 0 Å². The van der Waals surface area contributed by atoms with E-state index in [1.54, 1.807) is 18.4 Å². The van der Waals surface area contributed by atoms with E-state index in [-0.39, 0.29) is 0 Å². The van der Waals surface area contributed by atoms with E-state index in [1.165, 1.54) is 0 Å². The largest absolute Gasteiger partial charge is 0.496 e. The Morgan fingerprint density at radius 2 is 2.00 bits per heavy atom. The summed E-state index contributed by atoms with van der Waals surface area (Å²) in [4.78, 5) is 0. The summed E-state index contributed by atoms with van der Waals surface area (Å²) in [7, 11) is 1.68. The second kappa shape index (κ2) is 3.98. The quantitative estimate of drug-likeness (QED) is 0.780. The number of aromatic nitrogens is 2. The van der Waals surface area contributed by atoms with E-state index in [4.69, 9.17) is 4.74 Å². The first-order valence-corrected chi connectivity index (χ1v) is 5.48. The number of rotatable bonds is 2. The van der Waals surface area contributed by atoms with Crippen LogP contribution in [0.2, 0.25) is 0 Å². The van der Waals surface area contributed by atoms with Gasteiger partial charge in [0, 0.05) is 0 Å². The molecule has 1 aromatic heterocycles. The van der Waals surface area contributed by atoms with Crippen molar-refractivity contribution in [3.63, 3.8) is 0 Å². The SMILES string of the molecule is COc1c(C)cccc1-c1nnc(C)s1. The van der Waals surface area contributed by atoms with Crippen LogP contribution in [0, 0.1) is 13.8 Å². The van der Waals surface area contributed by atoms with Crippen LogP contribution in [0.15, 0.2) is 18.2 Å². The third-order valence-corrected chi connectivity index (χ3v) is 3.04. The normalized spacial score (nSPS) is 10.3. The molecule has 0 N–H and O–H groups in total. The minimum atomic E-state index is 0.883. The van der Waals surface area contributed by atoms with Crippen molar-refractivity contribution in [2.45, 2.75) is 13.8 Å². The average molecular weight is 220 g/mol. The second-order valence-corrected chi connectivity index (χ2v) is 4.46. The van der Waals surface area contributed by atoms with Crippen LogP contribution in [0.4, 0.5) is 0 Å². The molecule has 2 rings (SSSR count). The lowest BCUT2D eigenvalue weighted by molar-refractivity contribution is 0.413. The standard InChI is InChI=1S/C11H12N2OS/c1-7-5-4-6-9(10(7)14-3)11-13-12-8(2)15-11/h4-6H,1-3H3. The minimum Gasteiger partial charge on any atom is -0.496 e. The molecule has 2 aromatic rings. The molecular weight excluding hydrogens is 208 g/mol. The fraction of sp³-hybridized carbons (Fsp3) is 0.273. The van der Waals surface area contributed by atoms with Gasteiger partial charge >= 0.3 is 0 Å². The number of hydrogen-bond acceptors (Lipinski definition) is 4. The van der Waals surface area contributed by atoms with Crippen LogP contribution in [0.1, 0.15) is 10.6 Å². The monoisotopic (exact) mass is 220 g/mol. The van der Waals surface area contributed by atoms with E-state index in [1.807, 2.05) is 32.0 Å². The van der Waals surface area contributed by atoms with Crippen LogP contribution >= 0.6 is 11.3 Å². The molecule has 78 valence electrons. The van der Waals surface area contributed by atoms with Gasteiger partial charge in [-0.15, -0.1) is 10.2 Å². The van der Waals surface area contributed by atoms with E-state index in [9.17, 15) is 0 Å². The zero-order valence-corrected chi connectivity index (χ0v) is 9.76. The fourth-order valence-electron chi connectivity index (χ4n) is 1.50. The first-order valence-electron chi connectivity index (χ1n) is 4.66.